The first kappa shape index (κ1) is 12.7. The second-order valence-corrected chi connectivity index (χ2v) is 4.73. The molecule has 0 aliphatic carbocycles. The maximum Gasteiger partial charge on any atom is 0.282 e. The number of fused-ring (bicyclic) bond motifs is 1. The highest BCUT2D eigenvalue weighted by Crippen LogP contribution is 2.24. The molecule has 100 valence electrons. The van der Waals surface area contributed by atoms with Crippen LogP contribution in [0, 0.1) is 0 Å². The second kappa shape index (κ2) is 4.98. The standard InChI is InChI=1S/C15H11ClN2O2/c1-20-12-5-2-10(3-6-12)8-13-15(19)18-9-11(16)4-7-14(18)17-13/h2-9H,1H3/b13-8-. The number of aliphatic imine (C=N–C) groups is 1. The molecular formula is C15H11ClN2O2. The first-order valence-electron chi connectivity index (χ1n) is 6.01. The molecule has 4 nitrogen and oxygen atoms in total. The molecule has 2 aliphatic heterocycles. The lowest BCUT2D eigenvalue weighted by atomic mass is 10.2. The monoisotopic (exact) mass is 286 g/mol. The molecule has 0 saturated heterocycles. The van der Waals surface area contributed by atoms with E-state index in [0.29, 0.717) is 16.6 Å². The number of amidine groups is 1. The van der Waals surface area contributed by atoms with Crippen LogP contribution >= 0.6 is 11.6 Å². The first-order chi connectivity index (χ1) is 9.67. The Hall–Kier alpha value is -2.33. The van der Waals surface area contributed by atoms with Crippen LogP contribution in [0.15, 0.2) is 58.3 Å². The zero-order valence-corrected chi connectivity index (χ0v) is 11.5. The van der Waals surface area contributed by atoms with Crippen LogP contribution in [-0.4, -0.2) is 23.8 Å². The topological polar surface area (TPSA) is 41.9 Å². The van der Waals surface area contributed by atoms with E-state index in [4.69, 9.17) is 16.3 Å². The number of allylic oxidation sites excluding steroid dienone is 2. The highest BCUT2D eigenvalue weighted by molar-refractivity contribution is 6.33. The predicted molar refractivity (Wildman–Crippen MR) is 78.3 cm³/mol. The fraction of sp³-hybridized carbons (Fsp3) is 0.0667. The van der Waals surface area contributed by atoms with Gasteiger partial charge in [0.25, 0.3) is 5.91 Å². The lowest BCUT2D eigenvalue weighted by Gasteiger charge is -2.13. The Bertz CT molecular complexity index is 684. The normalized spacial score (nSPS) is 19.0. The van der Waals surface area contributed by atoms with Crippen LogP contribution in [0.4, 0.5) is 0 Å². The Kier molecular flexibility index (Phi) is 3.16. The number of methoxy groups -OCH3 is 1. The molecule has 2 aliphatic rings. The van der Waals surface area contributed by atoms with Gasteiger partial charge in [-0.1, -0.05) is 23.7 Å². The number of ether oxygens (including phenoxy) is 1. The summed E-state index contributed by atoms with van der Waals surface area (Å²) in [4.78, 5) is 17.9. The van der Waals surface area contributed by atoms with Crippen LogP contribution in [0.1, 0.15) is 5.56 Å². The zero-order chi connectivity index (χ0) is 14.1. The molecule has 0 fully saturated rings. The number of hydrogen-bond donors (Lipinski definition) is 0. The third-order valence-electron chi connectivity index (χ3n) is 2.98. The van der Waals surface area contributed by atoms with Gasteiger partial charge < -0.3 is 4.74 Å². The fourth-order valence-corrected chi connectivity index (χ4v) is 2.13. The van der Waals surface area contributed by atoms with Gasteiger partial charge in [-0.3, -0.25) is 9.69 Å². The fourth-order valence-electron chi connectivity index (χ4n) is 1.97. The van der Waals surface area contributed by atoms with E-state index in [-0.39, 0.29) is 5.91 Å². The Labute approximate surface area is 121 Å². The van der Waals surface area contributed by atoms with Gasteiger partial charge in [0, 0.05) is 6.20 Å². The van der Waals surface area contributed by atoms with E-state index in [1.54, 1.807) is 31.5 Å². The summed E-state index contributed by atoms with van der Waals surface area (Å²) in [6.45, 7) is 0. The SMILES string of the molecule is COc1ccc(/C=C2\N=C3C=CC(Cl)=CN3C2=O)cc1. The average Bonchev–Trinajstić information content (AvgIpc) is 2.76. The quantitative estimate of drug-likeness (QED) is 0.785. The third kappa shape index (κ3) is 2.26. The smallest absolute Gasteiger partial charge is 0.282 e. The number of nitrogens with zero attached hydrogens (tertiary/aromatic N) is 2. The molecule has 0 spiro atoms. The van der Waals surface area contributed by atoms with Crippen molar-refractivity contribution in [2.45, 2.75) is 0 Å². The Balaban J connectivity index is 1.91. The molecule has 1 aromatic rings. The minimum atomic E-state index is -0.182. The number of halogens is 1. The molecule has 3 rings (SSSR count). The van der Waals surface area contributed by atoms with Crippen molar-refractivity contribution < 1.29 is 9.53 Å². The Morgan fingerprint density at radius 2 is 2.00 bits per heavy atom. The van der Waals surface area contributed by atoms with E-state index in [2.05, 4.69) is 4.99 Å². The molecule has 5 heteroatoms. The first-order valence-corrected chi connectivity index (χ1v) is 6.38. The summed E-state index contributed by atoms with van der Waals surface area (Å²) in [5.41, 5.74) is 1.27. The summed E-state index contributed by atoms with van der Waals surface area (Å²) >= 11 is 5.88. The molecule has 0 radical (unpaired) electrons. The molecule has 0 unspecified atom stereocenters. The van der Waals surface area contributed by atoms with Crippen molar-refractivity contribution in [3.05, 3.63) is 58.9 Å². The minimum Gasteiger partial charge on any atom is -0.497 e. The van der Waals surface area contributed by atoms with Gasteiger partial charge in [-0.2, -0.15) is 0 Å². The van der Waals surface area contributed by atoms with Gasteiger partial charge in [0.1, 0.15) is 17.3 Å². The van der Waals surface area contributed by atoms with Crippen molar-refractivity contribution in [1.29, 1.82) is 0 Å². The Morgan fingerprint density at radius 3 is 2.70 bits per heavy atom. The summed E-state index contributed by atoms with van der Waals surface area (Å²) < 4.78 is 5.09. The number of rotatable bonds is 2. The second-order valence-electron chi connectivity index (χ2n) is 4.30. The average molecular weight is 287 g/mol. The van der Waals surface area contributed by atoms with E-state index in [1.165, 1.54) is 4.90 Å². The summed E-state index contributed by atoms with van der Waals surface area (Å²) in [6, 6.07) is 7.41. The molecule has 0 bridgehead atoms. The predicted octanol–water partition coefficient (Wildman–Crippen LogP) is 2.93. The number of carbonyl (C=O) groups excluding carboxylic acids is 1. The summed E-state index contributed by atoms with van der Waals surface area (Å²) in [5, 5.41) is 0.503. The van der Waals surface area contributed by atoms with Crippen LogP contribution in [0.25, 0.3) is 6.08 Å². The molecular weight excluding hydrogens is 276 g/mol. The number of amides is 1. The van der Waals surface area contributed by atoms with Crippen molar-refractivity contribution >= 4 is 29.4 Å². The van der Waals surface area contributed by atoms with Crippen molar-refractivity contribution in [2.75, 3.05) is 7.11 Å². The molecule has 0 N–H and O–H groups in total. The third-order valence-corrected chi connectivity index (χ3v) is 3.21. The van der Waals surface area contributed by atoms with Gasteiger partial charge in [0.15, 0.2) is 0 Å². The zero-order valence-electron chi connectivity index (χ0n) is 10.7. The van der Waals surface area contributed by atoms with E-state index < -0.39 is 0 Å². The summed E-state index contributed by atoms with van der Waals surface area (Å²) in [7, 11) is 1.61. The van der Waals surface area contributed by atoms with Crippen LogP contribution in [0.2, 0.25) is 0 Å². The molecule has 2 heterocycles. The van der Waals surface area contributed by atoms with E-state index >= 15 is 0 Å². The van der Waals surface area contributed by atoms with E-state index in [9.17, 15) is 4.79 Å². The van der Waals surface area contributed by atoms with Gasteiger partial charge in [-0.05, 0) is 35.9 Å². The maximum absolute atomic E-state index is 12.2. The van der Waals surface area contributed by atoms with Gasteiger partial charge in [0.05, 0.1) is 12.1 Å². The van der Waals surface area contributed by atoms with Gasteiger partial charge >= 0.3 is 0 Å². The van der Waals surface area contributed by atoms with Crippen LogP contribution in [-0.2, 0) is 4.79 Å². The molecule has 0 aromatic heterocycles. The lowest BCUT2D eigenvalue weighted by Crippen LogP contribution is -2.27. The Morgan fingerprint density at radius 1 is 1.25 bits per heavy atom. The van der Waals surface area contributed by atoms with Gasteiger partial charge in [-0.25, -0.2) is 4.99 Å². The highest BCUT2D eigenvalue weighted by Gasteiger charge is 2.29. The summed E-state index contributed by atoms with van der Waals surface area (Å²) in [5.74, 6) is 1.17. The number of benzene rings is 1. The molecule has 0 saturated carbocycles. The van der Waals surface area contributed by atoms with Crippen molar-refractivity contribution in [2.24, 2.45) is 4.99 Å². The van der Waals surface area contributed by atoms with Crippen molar-refractivity contribution in [3.63, 3.8) is 0 Å². The molecule has 20 heavy (non-hydrogen) atoms. The van der Waals surface area contributed by atoms with Gasteiger partial charge in [-0.15, -0.1) is 0 Å². The van der Waals surface area contributed by atoms with Crippen molar-refractivity contribution in [1.82, 2.24) is 4.90 Å². The molecule has 1 amide bonds. The van der Waals surface area contributed by atoms with E-state index in [1.807, 2.05) is 24.3 Å². The lowest BCUT2D eigenvalue weighted by molar-refractivity contribution is -0.120. The largest absolute Gasteiger partial charge is 0.497 e. The van der Waals surface area contributed by atoms with Crippen molar-refractivity contribution in [3.8, 4) is 5.75 Å². The van der Waals surface area contributed by atoms with E-state index in [0.717, 1.165) is 11.3 Å². The number of carbonyl (C=O) groups is 1. The number of hydrogen-bond acceptors (Lipinski definition) is 3. The molecule has 0 atom stereocenters. The van der Waals surface area contributed by atoms with Crippen LogP contribution < -0.4 is 4.74 Å². The summed E-state index contributed by atoms with van der Waals surface area (Å²) in [6.07, 6.45) is 6.73. The maximum atomic E-state index is 12.2. The van der Waals surface area contributed by atoms with Crippen LogP contribution in [0.5, 0.6) is 5.75 Å². The minimum absolute atomic E-state index is 0.182. The highest BCUT2D eigenvalue weighted by atomic mass is 35.5. The van der Waals surface area contributed by atoms with Crippen LogP contribution in [0.3, 0.4) is 0 Å². The van der Waals surface area contributed by atoms with Gasteiger partial charge in [0.2, 0.25) is 0 Å². The molecule has 1 aromatic carbocycles.